The van der Waals surface area contributed by atoms with Crippen molar-refractivity contribution in [2.75, 3.05) is 5.73 Å². The van der Waals surface area contributed by atoms with Crippen LogP contribution in [-0.2, 0) is 0 Å². The van der Waals surface area contributed by atoms with E-state index in [4.69, 9.17) is 10.5 Å². The topological polar surface area (TPSA) is 61.0 Å². The predicted molar refractivity (Wildman–Crippen MR) is 65.4 cm³/mol. The molecule has 2 N–H and O–H groups in total. The van der Waals surface area contributed by atoms with Gasteiger partial charge in [-0.25, -0.2) is 9.37 Å². The minimum Gasteiger partial charge on any atom is -0.438 e. The van der Waals surface area contributed by atoms with Gasteiger partial charge in [0.2, 0.25) is 11.8 Å². The van der Waals surface area contributed by atoms with Crippen molar-refractivity contribution in [2.45, 2.75) is 6.92 Å². The molecule has 2 rings (SSSR count). The third-order valence-electron chi connectivity index (χ3n) is 1.96. The highest BCUT2D eigenvalue weighted by molar-refractivity contribution is 9.10. The number of nitrogen functional groups attached to an aromatic ring is 1. The summed E-state index contributed by atoms with van der Waals surface area (Å²) in [6, 6.07) is 5.77. The molecule has 0 aliphatic carbocycles. The molecule has 1 heterocycles. The molecule has 0 aliphatic rings. The van der Waals surface area contributed by atoms with Gasteiger partial charge in [0.15, 0.2) is 0 Å². The van der Waals surface area contributed by atoms with Crippen LogP contribution in [0.5, 0.6) is 11.6 Å². The van der Waals surface area contributed by atoms with Gasteiger partial charge >= 0.3 is 0 Å². The summed E-state index contributed by atoms with van der Waals surface area (Å²) in [7, 11) is 0. The largest absolute Gasteiger partial charge is 0.438 e. The number of nitrogens with two attached hydrogens (primary N) is 1. The van der Waals surface area contributed by atoms with Gasteiger partial charge in [-0.15, -0.1) is 0 Å². The molecule has 0 amide bonds. The fourth-order valence-electron chi connectivity index (χ4n) is 1.28. The molecule has 17 heavy (non-hydrogen) atoms. The highest BCUT2D eigenvalue weighted by Gasteiger charge is 2.06. The molecule has 88 valence electrons. The molecule has 0 radical (unpaired) electrons. The van der Waals surface area contributed by atoms with Crippen molar-refractivity contribution >= 4 is 21.9 Å². The number of anilines is 1. The van der Waals surface area contributed by atoms with Crippen LogP contribution >= 0.6 is 15.9 Å². The maximum absolute atomic E-state index is 12.9. The lowest BCUT2D eigenvalue weighted by atomic mass is 10.3. The fourth-order valence-corrected chi connectivity index (χ4v) is 1.72. The highest BCUT2D eigenvalue weighted by atomic mass is 79.9. The molecule has 0 atom stereocenters. The van der Waals surface area contributed by atoms with Gasteiger partial charge in [0.05, 0.1) is 4.47 Å². The molecule has 0 spiro atoms. The van der Waals surface area contributed by atoms with Crippen molar-refractivity contribution in [3.8, 4) is 11.6 Å². The van der Waals surface area contributed by atoms with Crippen LogP contribution in [-0.4, -0.2) is 9.97 Å². The Hall–Kier alpha value is -1.69. The first-order valence-electron chi connectivity index (χ1n) is 4.78. The third-order valence-corrected chi connectivity index (χ3v) is 2.58. The maximum atomic E-state index is 12.9. The van der Waals surface area contributed by atoms with Crippen LogP contribution < -0.4 is 10.5 Å². The molecule has 0 aliphatic heterocycles. The SMILES string of the molecule is Cc1cc(Oc2ccc(F)cc2Br)nc(N)n1. The lowest BCUT2D eigenvalue weighted by molar-refractivity contribution is 0.457. The molecule has 0 unspecified atom stereocenters. The van der Waals surface area contributed by atoms with E-state index in [1.807, 2.05) is 0 Å². The molecule has 4 nitrogen and oxygen atoms in total. The Morgan fingerprint density at radius 3 is 2.71 bits per heavy atom. The number of aryl methyl sites for hydroxylation is 1. The van der Waals surface area contributed by atoms with Crippen LogP contribution in [0.1, 0.15) is 5.69 Å². The first-order chi connectivity index (χ1) is 8.04. The van der Waals surface area contributed by atoms with Gasteiger partial charge in [-0.1, -0.05) is 0 Å². The summed E-state index contributed by atoms with van der Waals surface area (Å²) in [4.78, 5) is 7.85. The van der Waals surface area contributed by atoms with Crippen molar-refractivity contribution in [1.82, 2.24) is 9.97 Å². The van der Waals surface area contributed by atoms with E-state index in [1.165, 1.54) is 18.2 Å². The van der Waals surface area contributed by atoms with Gasteiger partial charge in [-0.2, -0.15) is 4.98 Å². The second-order valence-corrected chi connectivity index (χ2v) is 4.24. The number of ether oxygens (including phenoxy) is 1. The molecule has 1 aromatic carbocycles. The van der Waals surface area contributed by atoms with Crippen LogP contribution in [0, 0.1) is 12.7 Å². The zero-order valence-corrected chi connectivity index (χ0v) is 10.5. The minimum absolute atomic E-state index is 0.137. The average molecular weight is 298 g/mol. The molecule has 0 bridgehead atoms. The van der Waals surface area contributed by atoms with E-state index in [1.54, 1.807) is 13.0 Å². The van der Waals surface area contributed by atoms with Gasteiger partial charge < -0.3 is 10.5 Å². The Kier molecular flexibility index (Phi) is 3.23. The minimum atomic E-state index is -0.345. The second kappa shape index (κ2) is 4.67. The molecular formula is C11H9BrFN3O. The smallest absolute Gasteiger partial charge is 0.224 e. The summed E-state index contributed by atoms with van der Waals surface area (Å²) in [5, 5.41) is 0. The first-order valence-corrected chi connectivity index (χ1v) is 5.58. The van der Waals surface area contributed by atoms with E-state index in [2.05, 4.69) is 25.9 Å². The number of hydrogen-bond donors (Lipinski definition) is 1. The summed E-state index contributed by atoms with van der Waals surface area (Å²) in [5.41, 5.74) is 6.20. The van der Waals surface area contributed by atoms with Gasteiger partial charge in [0, 0.05) is 11.8 Å². The van der Waals surface area contributed by atoms with E-state index in [0.717, 1.165) is 0 Å². The number of halogens is 2. The van der Waals surface area contributed by atoms with Crippen LogP contribution in [0.15, 0.2) is 28.7 Å². The summed E-state index contributed by atoms with van der Waals surface area (Å²) in [5.74, 6) is 0.576. The van der Waals surface area contributed by atoms with Crippen molar-refractivity contribution in [3.63, 3.8) is 0 Å². The highest BCUT2D eigenvalue weighted by Crippen LogP contribution is 2.29. The Labute approximate surface area is 106 Å². The zero-order chi connectivity index (χ0) is 12.4. The van der Waals surface area contributed by atoms with E-state index in [-0.39, 0.29) is 11.8 Å². The molecule has 2 aromatic rings. The summed E-state index contributed by atoms with van der Waals surface area (Å²) in [6.45, 7) is 1.78. The van der Waals surface area contributed by atoms with Crippen molar-refractivity contribution in [1.29, 1.82) is 0 Å². The standard InChI is InChI=1S/C11H9BrFN3O/c1-6-4-10(16-11(14)15-6)17-9-3-2-7(13)5-8(9)12/h2-5H,1H3,(H2,14,15,16). The first kappa shape index (κ1) is 11.8. The van der Waals surface area contributed by atoms with Gasteiger partial charge in [-0.05, 0) is 41.1 Å². The Morgan fingerprint density at radius 1 is 1.29 bits per heavy atom. The predicted octanol–water partition coefficient (Wildman–Crippen LogP) is 3.06. The molecule has 0 fully saturated rings. The van der Waals surface area contributed by atoms with Crippen molar-refractivity contribution < 1.29 is 9.13 Å². The second-order valence-electron chi connectivity index (χ2n) is 3.38. The third kappa shape index (κ3) is 2.91. The number of aromatic nitrogens is 2. The van der Waals surface area contributed by atoms with E-state index in [9.17, 15) is 4.39 Å². The number of benzene rings is 1. The Morgan fingerprint density at radius 2 is 2.06 bits per heavy atom. The quantitative estimate of drug-likeness (QED) is 0.925. The molecule has 6 heteroatoms. The Balaban J connectivity index is 2.31. The van der Waals surface area contributed by atoms with E-state index < -0.39 is 0 Å². The maximum Gasteiger partial charge on any atom is 0.224 e. The summed E-state index contributed by atoms with van der Waals surface area (Å²) < 4.78 is 18.9. The summed E-state index contributed by atoms with van der Waals surface area (Å²) >= 11 is 3.20. The van der Waals surface area contributed by atoms with Crippen LogP contribution in [0.3, 0.4) is 0 Å². The zero-order valence-electron chi connectivity index (χ0n) is 8.95. The molecule has 1 aromatic heterocycles. The monoisotopic (exact) mass is 297 g/mol. The molecule has 0 saturated carbocycles. The van der Waals surface area contributed by atoms with Gasteiger partial charge in [-0.3, -0.25) is 0 Å². The molecule has 0 saturated heterocycles. The van der Waals surface area contributed by atoms with Gasteiger partial charge in [0.1, 0.15) is 11.6 Å². The Bertz CT molecular complexity index is 542. The van der Waals surface area contributed by atoms with Gasteiger partial charge in [0.25, 0.3) is 0 Å². The van der Waals surface area contributed by atoms with E-state index >= 15 is 0 Å². The number of nitrogens with zero attached hydrogens (tertiary/aromatic N) is 2. The molecular weight excluding hydrogens is 289 g/mol. The van der Waals surface area contributed by atoms with Crippen molar-refractivity contribution in [3.05, 3.63) is 40.2 Å². The number of rotatable bonds is 2. The fraction of sp³-hybridized carbons (Fsp3) is 0.0909. The average Bonchev–Trinajstić information content (AvgIpc) is 2.21. The lowest BCUT2D eigenvalue weighted by Gasteiger charge is -2.07. The van der Waals surface area contributed by atoms with Crippen LogP contribution in [0.25, 0.3) is 0 Å². The number of hydrogen-bond acceptors (Lipinski definition) is 4. The summed E-state index contributed by atoms with van der Waals surface area (Å²) in [6.07, 6.45) is 0. The van der Waals surface area contributed by atoms with Crippen LogP contribution in [0.2, 0.25) is 0 Å². The van der Waals surface area contributed by atoms with E-state index in [0.29, 0.717) is 21.8 Å². The van der Waals surface area contributed by atoms with Crippen LogP contribution in [0.4, 0.5) is 10.3 Å². The lowest BCUT2D eigenvalue weighted by Crippen LogP contribution is -1.99. The van der Waals surface area contributed by atoms with Crippen molar-refractivity contribution in [2.24, 2.45) is 0 Å². The normalized spacial score (nSPS) is 10.3.